The standard InChI is InChI=1S/C19H28N4O2/c1-4-6-9-15(5-2)13-20-18(24)22-16-10-7-8-11-17(16)23-14(3)12-21-19(23)25/h7-8,10-12,15H,4-6,9,13H2,1-3H3,(H,21,25)(H2,20,22,24). The van der Waals surface area contributed by atoms with Gasteiger partial charge in [0.25, 0.3) is 0 Å². The average Bonchev–Trinajstić information content (AvgIpc) is 2.94. The molecule has 1 unspecified atom stereocenters. The lowest BCUT2D eigenvalue weighted by atomic mass is 9.99. The molecule has 0 saturated heterocycles. The number of anilines is 1. The quantitative estimate of drug-likeness (QED) is 0.681. The van der Waals surface area contributed by atoms with Gasteiger partial charge in [0.2, 0.25) is 0 Å². The van der Waals surface area contributed by atoms with Crippen LogP contribution in [0.3, 0.4) is 0 Å². The van der Waals surface area contributed by atoms with Crippen molar-refractivity contribution < 1.29 is 4.79 Å². The van der Waals surface area contributed by atoms with Crippen LogP contribution in [-0.2, 0) is 0 Å². The molecule has 1 heterocycles. The zero-order chi connectivity index (χ0) is 18.2. The van der Waals surface area contributed by atoms with Crippen molar-refractivity contribution >= 4 is 11.7 Å². The maximum atomic E-state index is 12.3. The monoisotopic (exact) mass is 344 g/mol. The Hall–Kier alpha value is -2.50. The van der Waals surface area contributed by atoms with Crippen molar-refractivity contribution in [2.75, 3.05) is 11.9 Å². The Morgan fingerprint density at radius 1 is 1.28 bits per heavy atom. The molecule has 0 bridgehead atoms. The molecular formula is C19H28N4O2. The summed E-state index contributed by atoms with van der Waals surface area (Å²) >= 11 is 0. The van der Waals surface area contributed by atoms with Crippen LogP contribution in [0.1, 0.15) is 45.2 Å². The largest absolute Gasteiger partial charge is 0.338 e. The van der Waals surface area contributed by atoms with E-state index in [1.165, 1.54) is 12.8 Å². The van der Waals surface area contributed by atoms with Crippen LogP contribution in [-0.4, -0.2) is 22.1 Å². The molecule has 2 amide bonds. The number of hydrogen-bond acceptors (Lipinski definition) is 2. The zero-order valence-electron chi connectivity index (χ0n) is 15.3. The Bertz CT molecular complexity index is 748. The summed E-state index contributed by atoms with van der Waals surface area (Å²) in [7, 11) is 0. The lowest BCUT2D eigenvalue weighted by Crippen LogP contribution is -2.33. The number of amides is 2. The van der Waals surface area contributed by atoms with Crippen LogP contribution in [0.15, 0.2) is 35.3 Å². The normalized spacial score (nSPS) is 12.0. The number of rotatable bonds is 8. The van der Waals surface area contributed by atoms with Gasteiger partial charge in [-0.1, -0.05) is 45.2 Å². The maximum absolute atomic E-state index is 12.3. The van der Waals surface area contributed by atoms with E-state index in [0.29, 0.717) is 23.8 Å². The molecule has 0 saturated carbocycles. The Balaban J connectivity index is 2.06. The molecular weight excluding hydrogens is 316 g/mol. The third kappa shape index (κ3) is 4.98. The van der Waals surface area contributed by atoms with E-state index in [1.54, 1.807) is 16.8 Å². The van der Waals surface area contributed by atoms with E-state index in [-0.39, 0.29) is 11.7 Å². The number of hydrogen-bond donors (Lipinski definition) is 3. The third-order valence-corrected chi connectivity index (χ3v) is 4.45. The minimum absolute atomic E-state index is 0.224. The lowest BCUT2D eigenvalue weighted by molar-refractivity contribution is 0.249. The number of H-pyrrole nitrogens is 1. The topological polar surface area (TPSA) is 78.9 Å². The van der Waals surface area contributed by atoms with E-state index in [1.807, 2.05) is 25.1 Å². The minimum atomic E-state index is -0.247. The summed E-state index contributed by atoms with van der Waals surface area (Å²) in [4.78, 5) is 27.0. The van der Waals surface area contributed by atoms with Gasteiger partial charge in [0, 0.05) is 18.4 Å². The van der Waals surface area contributed by atoms with Crippen LogP contribution in [0.5, 0.6) is 0 Å². The fourth-order valence-corrected chi connectivity index (χ4v) is 2.88. The van der Waals surface area contributed by atoms with Gasteiger partial charge in [0.15, 0.2) is 0 Å². The van der Waals surface area contributed by atoms with E-state index in [4.69, 9.17) is 0 Å². The fraction of sp³-hybridized carbons (Fsp3) is 0.474. The fourth-order valence-electron chi connectivity index (χ4n) is 2.88. The number of urea groups is 1. The van der Waals surface area contributed by atoms with Gasteiger partial charge in [-0.25, -0.2) is 9.59 Å². The summed E-state index contributed by atoms with van der Waals surface area (Å²) in [6.07, 6.45) is 6.18. The highest BCUT2D eigenvalue weighted by atomic mass is 16.2. The maximum Gasteiger partial charge on any atom is 0.330 e. The van der Waals surface area contributed by atoms with Crippen LogP contribution in [0, 0.1) is 12.8 Å². The van der Waals surface area contributed by atoms with Gasteiger partial charge in [-0.05, 0) is 31.4 Å². The molecule has 0 aliphatic rings. The highest BCUT2D eigenvalue weighted by Gasteiger charge is 2.13. The van der Waals surface area contributed by atoms with Gasteiger partial charge in [-0.2, -0.15) is 0 Å². The second-order valence-electron chi connectivity index (χ2n) is 6.34. The lowest BCUT2D eigenvalue weighted by Gasteiger charge is -2.17. The third-order valence-electron chi connectivity index (χ3n) is 4.45. The van der Waals surface area contributed by atoms with E-state index in [9.17, 15) is 9.59 Å². The van der Waals surface area contributed by atoms with Gasteiger partial charge in [-0.3, -0.25) is 4.57 Å². The number of aryl methyl sites for hydroxylation is 1. The average molecular weight is 344 g/mol. The smallest absolute Gasteiger partial charge is 0.330 e. The van der Waals surface area contributed by atoms with Crippen LogP contribution in [0.25, 0.3) is 5.69 Å². The molecule has 0 fully saturated rings. The molecule has 136 valence electrons. The van der Waals surface area contributed by atoms with Crippen LogP contribution < -0.4 is 16.3 Å². The van der Waals surface area contributed by atoms with Gasteiger partial charge in [0.1, 0.15) is 0 Å². The molecule has 0 spiro atoms. The number of benzene rings is 1. The Kier molecular flexibility index (Phi) is 6.86. The number of aromatic amines is 1. The van der Waals surface area contributed by atoms with Gasteiger partial charge >= 0.3 is 11.7 Å². The second kappa shape index (κ2) is 9.11. The number of nitrogens with one attached hydrogen (secondary N) is 3. The van der Waals surface area contributed by atoms with Crippen molar-refractivity contribution in [1.29, 1.82) is 0 Å². The zero-order valence-corrected chi connectivity index (χ0v) is 15.3. The molecule has 2 rings (SSSR count). The molecule has 0 aliphatic heterocycles. The van der Waals surface area contributed by atoms with E-state index in [0.717, 1.165) is 18.5 Å². The van der Waals surface area contributed by atoms with Crippen molar-refractivity contribution in [2.45, 2.75) is 46.5 Å². The summed E-state index contributed by atoms with van der Waals surface area (Å²) in [6, 6.07) is 7.04. The molecule has 1 aromatic carbocycles. The van der Waals surface area contributed by atoms with Crippen LogP contribution >= 0.6 is 0 Å². The molecule has 0 radical (unpaired) electrons. The summed E-state index contributed by atoms with van der Waals surface area (Å²) in [5.74, 6) is 0.496. The number of carbonyl (C=O) groups is 1. The van der Waals surface area contributed by atoms with Crippen LogP contribution in [0.4, 0.5) is 10.5 Å². The molecule has 6 nitrogen and oxygen atoms in total. The first-order chi connectivity index (χ1) is 12.1. The second-order valence-corrected chi connectivity index (χ2v) is 6.34. The van der Waals surface area contributed by atoms with Crippen molar-refractivity contribution in [3.63, 3.8) is 0 Å². The van der Waals surface area contributed by atoms with Crippen LogP contribution in [0.2, 0.25) is 0 Å². The first kappa shape index (κ1) is 18.8. The first-order valence-corrected chi connectivity index (χ1v) is 8.98. The number of para-hydroxylation sites is 2. The Morgan fingerprint density at radius 2 is 2.04 bits per heavy atom. The van der Waals surface area contributed by atoms with E-state index < -0.39 is 0 Å². The number of aromatic nitrogens is 2. The summed E-state index contributed by atoms with van der Waals surface area (Å²) in [6.45, 7) is 6.83. The van der Waals surface area contributed by atoms with Crippen molar-refractivity contribution in [3.8, 4) is 5.69 Å². The number of carbonyl (C=O) groups excluding carboxylic acids is 1. The molecule has 1 atom stereocenters. The predicted molar refractivity (Wildman–Crippen MR) is 101 cm³/mol. The molecule has 3 N–H and O–H groups in total. The summed E-state index contributed by atoms with van der Waals surface area (Å²) in [5.41, 5.74) is 1.81. The highest BCUT2D eigenvalue weighted by Crippen LogP contribution is 2.20. The first-order valence-electron chi connectivity index (χ1n) is 8.98. The SMILES string of the molecule is CCCCC(CC)CNC(=O)Nc1ccccc1-n1c(C)c[nH]c1=O. The number of nitrogens with zero attached hydrogens (tertiary/aromatic N) is 1. The molecule has 1 aromatic heterocycles. The molecule has 6 heteroatoms. The van der Waals surface area contributed by atoms with Gasteiger partial charge in [0.05, 0.1) is 11.4 Å². The van der Waals surface area contributed by atoms with Gasteiger partial charge < -0.3 is 15.6 Å². The predicted octanol–water partition coefficient (Wildman–Crippen LogP) is 3.81. The minimum Gasteiger partial charge on any atom is -0.338 e. The highest BCUT2D eigenvalue weighted by molar-refractivity contribution is 5.91. The van der Waals surface area contributed by atoms with E-state index in [2.05, 4.69) is 29.5 Å². The Morgan fingerprint density at radius 3 is 2.68 bits per heavy atom. The van der Waals surface area contributed by atoms with Crippen molar-refractivity contribution in [1.82, 2.24) is 14.9 Å². The Labute approximate surface area is 148 Å². The molecule has 0 aliphatic carbocycles. The molecule has 2 aromatic rings. The van der Waals surface area contributed by atoms with Crippen molar-refractivity contribution in [2.24, 2.45) is 5.92 Å². The number of imidazole rings is 1. The summed E-state index contributed by atoms with van der Waals surface area (Å²) in [5, 5.41) is 5.81. The summed E-state index contributed by atoms with van der Waals surface area (Å²) < 4.78 is 1.55. The van der Waals surface area contributed by atoms with Gasteiger partial charge in [-0.15, -0.1) is 0 Å². The van der Waals surface area contributed by atoms with Crippen molar-refractivity contribution in [3.05, 3.63) is 46.6 Å². The van der Waals surface area contributed by atoms with E-state index >= 15 is 0 Å². The molecule has 25 heavy (non-hydrogen) atoms. The number of unbranched alkanes of at least 4 members (excludes halogenated alkanes) is 1.